The molecule has 2 atom stereocenters. The number of nitrogens with one attached hydrogen (secondary N) is 1. The van der Waals surface area contributed by atoms with Crippen molar-refractivity contribution >= 4 is 0 Å². The van der Waals surface area contributed by atoms with Crippen LogP contribution in [0, 0.1) is 11.8 Å². The first-order chi connectivity index (χ1) is 5.86. The zero-order chi connectivity index (χ0) is 8.81. The molecule has 1 N–H and O–H groups in total. The largest absolute Gasteiger partial charge is 0.316 e. The zero-order valence-corrected chi connectivity index (χ0v) is 8.60. The number of hydrogen-bond acceptors (Lipinski definition) is 1. The number of hydrogen-bond donors (Lipinski definition) is 1. The Bertz CT molecular complexity index is 112. The molecule has 0 amide bonds. The van der Waals surface area contributed by atoms with Crippen LogP contribution in [-0.4, -0.2) is 13.1 Å². The minimum atomic E-state index is 0.948. The van der Waals surface area contributed by atoms with Crippen molar-refractivity contribution in [1.29, 1.82) is 0 Å². The van der Waals surface area contributed by atoms with Crippen molar-refractivity contribution in [3.63, 3.8) is 0 Å². The van der Waals surface area contributed by atoms with Crippen molar-refractivity contribution in [2.45, 2.75) is 46.0 Å². The summed E-state index contributed by atoms with van der Waals surface area (Å²) in [6, 6.07) is 0. The molecule has 0 saturated carbocycles. The molecule has 0 aromatic rings. The molecule has 1 nitrogen and oxygen atoms in total. The van der Waals surface area contributed by atoms with Gasteiger partial charge in [0.15, 0.2) is 0 Å². The normalized spacial score (nSPS) is 31.5. The van der Waals surface area contributed by atoms with E-state index in [-0.39, 0.29) is 0 Å². The van der Waals surface area contributed by atoms with Crippen LogP contribution in [0.1, 0.15) is 46.0 Å². The molecule has 12 heavy (non-hydrogen) atoms. The Morgan fingerprint density at radius 2 is 2.08 bits per heavy atom. The summed E-state index contributed by atoms with van der Waals surface area (Å²) in [6.07, 6.45) is 7.04. The van der Waals surface area contributed by atoms with E-state index in [0.29, 0.717) is 0 Å². The molecule has 1 fully saturated rings. The fourth-order valence-electron chi connectivity index (χ4n) is 2.27. The lowest BCUT2D eigenvalue weighted by molar-refractivity contribution is 0.361. The molecule has 2 unspecified atom stereocenters. The summed E-state index contributed by atoms with van der Waals surface area (Å²) in [6.45, 7) is 7.14. The molecule has 0 radical (unpaired) electrons. The van der Waals surface area contributed by atoms with E-state index >= 15 is 0 Å². The van der Waals surface area contributed by atoms with E-state index < -0.39 is 0 Å². The van der Waals surface area contributed by atoms with Crippen molar-refractivity contribution in [3.8, 4) is 0 Å². The van der Waals surface area contributed by atoms with E-state index in [1.807, 2.05) is 0 Å². The Balaban J connectivity index is 2.31. The lowest BCUT2D eigenvalue weighted by Gasteiger charge is -2.17. The van der Waals surface area contributed by atoms with E-state index in [1.165, 1.54) is 45.2 Å². The summed E-state index contributed by atoms with van der Waals surface area (Å²) < 4.78 is 0. The Kier molecular flexibility index (Phi) is 4.67. The standard InChI is InChI=1S/C11H23N/c1-3-5-11-6-7-12-9-10(4-2)8-11/h10-12H,3-9H2,1-2H3. The first kappa shape index (κ1) is 10.0. The maximum Gasteiger partial charge on any atom is -0.00205 e. The monoisotopic (exact) mass is 169 g/mol. The predicted molar refractivity (Wildman–Crippen MR) is 54.3 cm³/mol. The van der Waals surface area contributed by atoms with Crippen LogP contribution in [0.4, 0.5) is 0 Å². The Labute approximate surface area is 76.9 Å². The third-order valence-electron chi connectivity index (χ3n) is 3.10. The van der Waals surface area contributed by atoms with Gasteiger partial charge in [0.2, 0.25) is 0 Å². The van der Waals surface area contributed by atoms with Crippen LogP contribution in [0.2, 0.25) is 0 Å². The highest BCUT2D eigenvalue weighted by molar-refractivity contribution is 4.72. The van der Waals surface area contributed by atoms with Gasteiger partial charge in [-0.1, -0.05) is 33.1 Å². The van der Waals surface area contributed by atoms with Gasteiger partial charge in [-0.05, 0) is 37.8 Å². The molecular formula is C11H23N. The van der Waals surface area contributed by atoms with Crippen molar-refractivity contribution < 1.29 is 0 Å². The fraction of sp³-hybridized carbons (Fsp3) is 1.00. The third-order valence-corrected chi connectivity index (χ3v) is 3.10. The molecule has 72 valence electrons. The molecule has 1 aliphatic heterocycles. The Morgan fingerprint density at radius 3 is 2.75 bits per heavy atom. The molecule has 0 bridgehead atoms. The summed E-state index contributed by atoms with van der Waals surface area (Å²) >= 11 is 0. The van der Waals surface area contributed by atoms with Crippen LogP contribution < -0.4 is 5.32 Å². The topological polar surface area (TPSA) is 12.0 Å². The van der Waals surface area contributed by atoms with Crippen molar-refractivity contribution in [2.75, 3.05) is 13.1 Å². The molecular weight excluding hydrogens is 146 g/mol. The first-order valence-electron chi connectivity index (χ1n) is 5.57. The van der Waals surface area contributed by atoms with Crippen molar-refractivity contribution in [2.24, 2.45) is 11.8 Å². The van der Waals surface area contributed by atoms with Gasteiger partial charge in [0, 0.05) is 0 Å². The van der Waals surface area contributed by atoms with Crippen LogP contribution in [-0.2, 0) is 0 Å². The van der Waals surface area contributed by atoms with Crippen LogP contribution in [0.5, 0.6) is 0 Å². The minimum Gasteiger partial charge on any atom is -0.316 e. The Morgan fingerprint density at radius 1 is 1.25 bits per heavy atom. The third kappa shape index (κ3) is 3.14. The molecule has 1 heteroatoms. The molecule has 1 heterocycles. The molecule has 1 saturated heterocycles. The molecule has 0 aliphatic carbocycles. The second-order valence-electron chi connectivity index (χ2n) is 4.16. The highest BCUT2D eigenvalue weighted by atomic mass is 14.9. The molecule has 0 aromatic heterocycles. The molecule has 1 aliphatic rings. The quantitative estimate of drug-likeness (QED) is 0.685. The Hall–Kier alpha value is -0.0400. The predicted octanol–water partition coefficient (Wildman–Crippen LogP) is 2.81. The second-order valence-corrected chi connectivity index (χ2v) is 4.16. The second kappa shape index (κ2) is 5.58. The summed E-state index contributed by atoms with van der Waals surface area (Å²) in [7, 11) is 0. The van der Waals surface area contributed by atoms with Crippen molar-refractivity contribution in [3.05, 3.63) is 0 Å². The zero-order valence-electron chi connectivity index (χ0n) is 8.60. The van der Waals surface area contributed by atoms with Gasteiger partial charge in [-0.3, -0.25) is 0 Å². The van der Waals surface area contributed by atoms with E-state index in [4.69, 9.17) is 0 Å². The molecule has 0 spiro atoms. The maximum atomic E-state index is 3.54. The van der Waals surface area contributed by atoms with Gasteiger partial charge >= 0.3 is 0 Å². The van der Waals surface area contributed by atoms with Gasteiger partial charge < -0.3 is 5.32 Å². The van der Waals surface area contributed by atoms with E-state index in [1.54, 1.807) is 0 Å². The van der Waals surface area contributed by atoms with E-state index in [9.17, 15) is 0 Å². The van der Waals surface area contributed by atoms with Gasteiger partial charge in [-0.15, -0.1) is 0 Å². The summed E-state index contributed by atoms with van der Waals surface area (Å²) in [5.74, 6) is 1.96. The first-order valence-corrected chi connectivity index (χ1v) is 5.57. The van der Waals surface area contributed by atoms with Crippen molar-refractivity contribution in [1.82, 2.24) is 5.32 Å². The average Bonchev–Trinajstić information content (AvgIpc) is 2.30. The highest BCUT2D eigenvalue weighted by Gasteiger charge is 2.17. The van der Waals surface area contributed by atoms with E-state index in [2.05, 4.69) is 19.2 Å². The summed E-state index contributed by atoms with van der Waals surface area (Å²) in [5, 5.41) is 3.54. The van der Waals surface area contributed by atoms with Crippen LogP contribution in [0.3, 0.4) is 0 Å². The average molecular weight is 169 g/mol. The van der Waals surface area contributed by atoms with Crippen LogP contribution in [0.25, 0.3) is 0 Å². The summed E-state index contributed by atoms with van der Waals surface area (Å²) in [4.78, 5) is 0. The smallest absolute Gasteiger partial charge is 0.00205 e. The van der Waals surface area contributed by atoms with Gasteiger partial charge in [0.25, 0.3) is 0 Å². The highest BCUT2D eigenvalue weighted by Crippen LogP contribution is 2.24. The molecule has 1 rings (SSSR count). The maximum absolute atomic E-state index is 3.54. The fourth-order valence-corrected chi connectivity index (χ4v) is 2.27. The summed E-state index contributed by atoms with van der Waals surface area (Å²) in [5.41, 5.74) is 0. The van der Waals surface area contributed by atoms with Gasteiger partial charge in [-0.25, -0.2) is 0 Å². The van der Waals surface area contributed by atoms with Crippen LogP contribution in [0.15, 0.2) is 0 Å². The van der Waals surface area contributed by atoms with Crippen LogP contribution >= 0.6 is 0 Å². The van der Waals surface area contributed by atoms with E-state index in [0.717, 1.165) is 11.8 Å². The minimum absolute atomic E-state index is 0.948. The lowest BCUT2D eigenvalue weighted by atomic mass is 9.89. The van der Waals surface area contributed by atoms with Gasteiger partial charge in [0.05, 0.1) is 0 Å². The lowest BCUT2D eigenvalue weighted by Crippen LogP contribution is -2.19. The number of rotatable bonds is 3. The van der Waals surface area contributed by atoms with Gasteiger partial charge in [0.1, 0.15) is 0 Å². The van der Waals surface area contributed by atoms with Gasteiger partial charge in [-0.2, -0.15) is 0 Å². The molecule has 0 aromatic carbocycles. The SMILES string of the molecule is CCCC1CCNCC(CC)C1.